The number of ketones is 4. The minimum absolute atomic E-state index is 0. The predicted molar refractivity (Wildman–Crippen MR) is 368 cm³/mol. The van der Waals surface area contributed by atoms with Crippen molar-refractivity contribution in [1.29, 1.82) is 0 Å². The summed E-state index contributed by atoms with van der Waals surface area (Å²) in [4.78, 5) is 94.9. The van der Waals surface area contributed by atoms with Gasteiger partial charge in [0.15, 0.2) is 11.6 Å². The summed E-state index contributed by atoms with van der Waals surface area (Å²) < 4.78 is 26.0. The van der Waals surface area contributed by atoms with Crippen LogP contribution >= 0.6 is 0 Å². The summed E-state index contributed by atoms with van der Waals surface area (Å²) in [5.74, 6) is -9.66. The number of aromatic carboxylic acids is 4. The van der Waals surface area contributed by atoms with E-state index in [0.29, 0.717) is 36.2 Å². The Kier molecular flexibility index (Phi) is 45.9. The molecule has 8 aromatic rings. The summed E-state index contributed by atoms with van der Waals surface area (Å²) in [7, 11) is 4.07. The molecule has 8 rings (SSSR count). The molecule has 27 heteroatoms. The van der Waals surface area contributed by atoms with E-state index in [1.54, 1.807) is 24.3 Å². The van der Waals surface area contributed by atoms with E-state index < -0.39 is 86.5 Å². The number of hydrogen-bond donors (Lipinski definition) is 6. The van der Waals surface area contributed by atoms with Gasteiger partial charge >= 0.3 is 118 Å². The Morgan fingerprint density at radius 2 is 0.557 bits per heavy atom. The van der Waals surface area contributed by atoms with Crippen molar-refractivity contribution in [1.82, 2.24) is 0 Å². The summed E-state index contributed by atoms with van der Waals surface area (Å²) in [6.45, 7) is 5.51. The second-order valence-corrected chi connectivity index (χ2v) is 23.1. The van der Waals surface area contributed by atoms with Crippen LogP contribution < -0.4 is 162 Å². The van der Waals surface area contributed by atoms with Crippen LogP contribution in [0.4, 0.5) is 0 Å². The number of benzene rings is 8. The van der Waals surface area contributed by atoms with Gasteiger partial charge in [-0.3, -0.25) is 19.2 Å². The molecule has 23 nitrogen and oxygen atoms in total. The molecular weight excluding hydrogens is 1410 g/mol. The van der Waals surface area contributed by atoms with Crippen LogP contribution in [0.2, 0.25) is 0 Å². The molecular formula is C79H82Na4O23. The third-order valence-corrected chi connectivity index (χ3v) is 15.9. The number of carbonyl (C=O) groups excluding carboxylic acids is 8. The number of phenols is 6. The molecule has 0 saturated carbocycles. The molecule has 0 aliphatic rings. The van der Waals surface area contributed by atoms with Gasteiger partial charge in [0.2, 0.25) is 11.6 Å². The Balaban J connectivity index is 0.000000704. The summed E-state index contributed by atoms with van der Waals surface area (Å²) in [5.41, 5.74) is -2.64. The molecule has 6 N–H and O–H groups in total. The average Bonchev–Trinajstić information content (AvgIpc) is 0.749. The van der Waals surface area contributed by atoms with Gasteiger partial charge in [-0.1, -0.05) is 164 Å². The zero-order valence-corrected chi connectivity index (χ0v) is 69.3. The maximum absolute atomic E-state index is 12.7. The van der Waals surface area contributed by atoms with Gasteiger partial charge in [0.25, 0.3) is 0 Å². The van der Waals surface area contributed by atoms with Crippen molar-refractivity contribution in [2.75, 3.05) is 34.5 Å². The fourth-order valence-corrected chi connectivity index (χ4v) is 10.4. The number of carboxylic acid groups (broad SMARTS) is 4. The first-order chi connectivity index (χ1) is 48.9. The van der Waals surface area contributed by atoms with Crippen LogP contribution in [0.15, 0.2) is 152 Å². The van der Waals surface area contributed by atoms with E-state index >= 15 is 0 Å². The quantitative estimate of drug-likeness (QED) is 0.0149. The van der Waals surface area contributed by atoms with E-state index in [1.807, 2.05) is 0 Å². The van der Waals surface area contributed by atoms with Crippen molar-refractivity contribution in [2.24, 2.45) is 0 Å². The average molecular weight is 1490 g/mol. The van der Waals surface area contributed by atoms with Crippen LogP contribution in [0.25, 0.3) is 0 Å². The largest absolute Gasteiger partial charge is 1.00 e. The van der Waals surface area contributed by atoms with Crippen LogP contribution in [0, 0.1) is 0 Å². The fourth-order valence-electron chi connectivity index (χ4n) is 10.4. The van der Waals surface area contributed by atoms with Crippen molar-refractivity contribution in [2.45, 2.75) is 117 Å². The number of carbonyl (C=O) groups is 8. The van der Waals surface area contributed by atoms with E-state index in [0.717, 1.165) is 43.9 Å². The van der Waals surface area contributed by atoms with Crippen LogP contribution in [0.5, 0.6) is 63.2 Å². The third-order valence-electron chi connectivity index (χ3n) is 15.9. The number of aromatic hydroxyl groups is 6. The molecule has 0 aliphatic carbocycles. The standard InChI is InChI=1S/C26H34O5.C22H26O5.C16H14O7.C15H12O6.4Na/c1-2-3-4-5-6-7-8-9-10-13-18-31-20-16-17-23(24(27)19-20)25(28)21-14-11-12-15-22(21)26(29)30;1-2-3-4-5-6-9-14-27-16-12-13-19(20(23)15-16)21(24)17-10-7-8-11-18(17)22(25)26;1-22-8-3-4-10(12(17)6-8)15(19)14-11(16(20)21)5-9(23-2)7-13(14)18;1-21-8-5-6-9(12(17)7-8)14(18)13-10(15(19)20)3-2-4-11(13)16;;;;/h11-12,14-17,19,27H,2-10,13,18H2,1H3,(H,29,30);7-8,10-13,15,23H,2-6,9,14H2,1H3,(H,25,26);3-7,17-18H,1-2H3,(H,20,21);2-7,16-17H,1H3,(H,19,20);;;;/q;;;;4*+1/p-4. The van der Waals surface area contributed by atoms with Gasteiger partial charge in [-0.05, 0) is 73.5 Å². The Morgan fingerprint density at radius 3 is 0.887 bits per heavy atom. The Morgan fingerprint density at radius 1 is 0.274 bits per heavy atom. The number of hydrogen-bond acceptors (Lipinski definition) is 23. The minimum Gasteiger partial charge on any atom is -0.545 e. The van der Waals surface area contributed by atoms with Crippen molar-refractivity contribution < 1.29 is 231 Å². The van der Waals surface area contributed by atoms with Crippen LogP contribution in [0.1, 0.15) is 222 Å². The van der Waals surface area contributed by atoms with Gasteiger partial charge < -0.3 is 93.9 Å². The normalized spacial score (nSPS) is 10.0. The Hall–Kier alpha value is -7.88. The maximum atomic E-state index is 12.7. The van der Waals surface area contributed by atoms with Gasteiger partial charge in [0.1, 0.15) is 63.2 Å². The molecule has 106 heavy (non-hydrogen) atoms. The fraction of sp³-hybridized carbons (Fsp3) is 0.291. The van der Waals surface area contributed by atoms with E-state index in [1.165, 1.54) is 208 Å². The van der Waals surface area contributed by atoms with Gasteiger partial charge in [-0.25, -0.2) is 0 Å². The summed E-state index contributed by atoms with van der Waals surface area (Å²) in [6.07, 6.45) is 19.4. The monoisotopic (exact) mass is 1490 g/mol. The number of ether oxygens (including phenoxy) is 5. The molecule has 0 fully saturated rings. The minimum atomic E-state index is -1.66. The maximum Gasteiger partial charge on any atom is 1.00 e. The first-order valence-electron chi connectivity index (χ1n) is 33.0. The van der Waals surface area contributed by atoms with Gasteiger partial charge in [0.05, 0.1) is 91.8 Å². The van der Waals surface area contributed by atoms with Gasteiger partial charge in [-0.2, -0.15) is 0 Å². The molecule has 0 unspecified atom stereocenters. The molecule has 0 aromatic heterocycles. The van der Waals surface area contributed by atoms with Crippen LogP contribution in [0.3, 0.4) is 0 Å². The smallest absolute Gasteiger partial charge is 0.545 e. The van der Waals surface area contributed by atoms with Gasteiger partial charge in [0, 0.05) is 63.7 Å². The van der Waals surface area contributed by atoms with E-state index in [2.05, 4.69) is 13.8 Å². The zero-order valence-electron chi connectivity index (χ0n) is 61.3. The van der Waals surface area contributed by atoms with Crippen molar-refractivity contribution >= 4 is 47.0 Å². The summed E-state index contributed by atoms with van der Waals surface area (Å²) in [6, 6.07) is 34.1. The van der Waals surface area contributed by atoms with E-state index in [-0.39, 0.29) is 186 Å². The molecule has 8 aromatic carbocycles. The van der Waals surface area contributed by atoms with Crippen molar-refractivity contribution in [3.8, 4) is 63.2 Å². The molecule has 540 valence electrons. The number of unbranched alkanes of at least 4 members (excludes halogenated alkanes) is 14. The molecule has 0 heterocycles. The molecule has 0 spiro atoms. The molecule has 0 amide bonds. The van der Waals surface area contributed by atoms with Crippen LogP contribution in [-0.2, 0) is 0 Å². The molecule has 0 radical (unpaired) electrons. The zero-order chi connectivity index (χ0) is 74.8. The first kappa shape index (κ1) is 96.1. The second kappa shape index (κ2) is 50.6. The second-order valence-electron chi connectivity index (χ2n) is 23.1. The van der Waals surface area contributed by atoms with Crippen molar-refractivity contribution in [3.05, 3.63) is 218 Å². The SMILES string of the molecule is CCCCCCCCCCCCOc1ccc(C(=O)c2ccccc2C(=O)[O-])c(O)c1.CCCCCCCCOc1ccc(C(=O)c2ccccc2C(=O)[O-])c(O)c1.COc1ccc(C(=O)c2c(O)cc(OC)cc2C(=O)[O-])c(O)c1.COc1ccc(C(=O)c2c(O)cccc2C(=O)[O-])c(O)c1.[Na+].[Na+].[Na+].[Na+]. The van der Waals surface area contributed by atoms with Gasteiger partial charge in [-0.15, -0.1) is 0 Å². The number of carboxylic acids is 4. The Labute approximate surface area is 704 Å². The number of methoxy groups -OCH3 is 3. The number of phenolic OH excluding ortho intramolecular Hbond substituents is 6. The molecule has 0 atom stereocenters. The molecule has 0 saturated heterocycles. The summed E-state index contributed by atoms with van der Waals surface area (Å²) in [5, 5.41) is 105. The van der Waals surface area contributed by atoms with Crippen molar-refractivity contribution in [3.63, 3.8) is 0 Å². The topological polar surface area (TPSA) is 396 Å². The number of rotatable bonds is 35. The van der Waals surface area contributed by atoms with E-state index in [9.17, 15) is 89.4 Å². The molecule has 0 aliphatic heterocycles. The molecule has 0 bridgehead atoms. The van der Waals surface area contributed by atoms with Crippen LogP contribution in [-0.4, -0.2) is 112 Å². The summed E-state index contributed by atoms with van der Waals surface area (Å²) >= 11 is 0. The Bertz CT molecular complexity index is 4220. The van der Waals surface area contributed by atoms with E-state index in [4.69, 9.17) is 23.7 Å². The predicted octanol–water partition coefficient (Wildman–Crippen LogP) is -1.56. The first-order valence-corrected chi connectivity index (χ1v) is 33.0. The third kappa shape index (κ3) is 29.4.